The van der Waals surface area contributed by atoms with Gasteiger partial charge in [0.15, 0.2) is 5.96 Å². The molecule has 0 amide bonds. The summed E-state index contributed by atoms with van der Waals surface area (Å²) in [5.74, 6) is 0.874. The summed E-state index contributed by atoms with van der Waals surface area (Å²) in [7, 11) is 1.72. The van der Waals surface area contributed by atoms with E-state index in [0.29, 0.717) is 0 Å². The van der Waals surface area contributed by atoms with E-state index in [1.54, 1.807) is 13.3 Å². The van der Waals surface area contributed by atoms with E-state index in [1.165, 1.54) is 0 Å². The maximum Gasteiger partial charge on any atom is 0.191 e. The molecule has 1 heterocycles. The zero-order valence-corrected chi connectivity index (χ0v) is 14.7. The van der Waals surface area contributed by atoms with E-state index in [0.717, 1.165) is 51.6 Å². The maximum atomic E-state index is 5.01. The Balaban J connectivity index is 0.00000361. The first-order chi connectivity index (χ1) is 9.36. The third kappa shape index (κ3) is 9.13. The van der Waals surface area contributed by atoms with Crippen molar-refractivity contribution in [2.75, 3.05) is 33.4 Å². The molecule has 1 aromatic rings. The molecule has 0 atom stereocenters. The number of halogens is 1. The van der Waals surface area contributed by atoms with Crippen molar-refractivity contribution in [3.05, 3.63) is 18.5 Å². The molecule has 0 aliphatic rings. The Hall–Kier alpha value is -0.830. The van der Waals surface area contributed by atoms with Gasteiger partial charge in [-0.3, -0.25) is 9.67 Å². The lowest BCUT2D eigenvalue weighted by Gasteiger charge is -2.10. The molecule has 1 rings (SSSR count). The molecule has 0 aliphatic carbocycles. The van der Waals surface area contributed by atoms with Crippen LogP contribution in [0.25, 0.3) is 0 Å². The van der Waals surface area contributed by atoms with Gasteiger partial charge in [-0.2, -0.15) is 5.10 Å². The highest BCUT2D eigenvalue weighted by molar-refractivity contribution is 14.0. The fourth-order valence-corrected chi connectivity index (χ4v) is 1.62. The summed E-state index contributed by atoms with van der Waals surface area (Å²) in [6.07, 6.45) is 5.73. The normalized spacial score (nSPS) is 11.0. The lowest BCUT2D eigenvalue weighted by Crippen LogP contribution is -2.38. The van der Waals surface area contributed by atoms with Crippen molar-refractivity contribution in [3.63, 3.8) is 0 Å². The number of hydrogen-bond acceptors (Lipinski definition) is 3. The Morgan fingerprint density at radius 3 is 2.85 bits per heavy atom. The topological polar surface area (TPSA) is 63.5 Å². The second kappa shape index (κ2) is 13.2. The van der Waals surface area contributed by atoms with E-state index in [4.69, 9.17) is 4.74 Å². The van der Waals surface area contributed by atoms with Crippen molar-refractivity contribution in [1.82, 2.24) is 20.4 Å². The van der Waals surface area contributed by atoms with Gasteiger partial charge in [-0.1, -0.05) is 0 Å². The van der Waals surface area contributed by atoms with Crippen LogP contribution in [0.1, 0.15) is 19.8 Å². The van der Waals surface area contributed by atoms with Crippen LogP contribution in [0.5, 0.6) is 0 Å². The molecule has 0 saturated carbocycles. The standard InChI is InChI=1S/C13H25N5O.HI/c1-3-14-13(16-8-6-12-19-2)15-7-4-10-18-11-5-9-17-18;/h5,9,11H,3-4,6-8,10,12H2,1-2H3,(H2,14,15,16);1H. The summed E-state index contributed by atoms with van der Waals surface area (Å²) >= 11 is 0. The minimum absolute atomic E-state index is 0. The lowest BCUT2D eigenvalue weighted by atomic mass is 10.4. The number of nitrogens with zero attached hydrogens (tertiary/aromatic N) is 3. The monoisotopic (exact) mass is 395 g/mol. The molecule has 0 aromatic carbocycles. The van der Waals surface area contributed by atoms with Gasteiger partial charge in [-0.15, -0.1) is 24.0 Å². The van der Waals surface area contributed by atoms with Crippen LogP contribution in [0.15, 0.2) is 23.5 Å². The quantitative estimate of drug-likeness (QED) is 0.288. The number of rotatable bonds is 9. The number of aromatic nitrogens is 2. The largest absolute Gasteiger partial charge is 0.385 e. The van der Waals surface area contributed by atoms with E-state index in [1.807, 2.05) is 16.9 Å². The van der Waals surface area contributed by atoms with Crippen molar-refractivity contribution >= 4 is 29.9 Å². The van der Waals surface area contributed by atoms with Crippen molar-refractivity contribution in [1.29, 1.82) is 0 Å². The third-order valence-electron chi connectivity index (χ3n) is 2.54. The van der Waals surface area contributed by atoms with Crippen molar-refractivity contribution in [2.24, 2.45) is 4.99 Å². The molecule has 0 fully saturated rings. The summed E-state index contributed by atoms with van der Waals surface area (Å²) in [5, 5.41) is 10.7. The van der Waals surface area contributed by atoms with Gasteiger partial charge in [0, 0.05) is 52.3 Å². The molecule has 0 saturated heterocycles. The van der Waals surface area contributed by atoms with Gasteiger partial charge in [0.2, 0.25) is 0 Å². The lowest BCUT2D eigenvalue weighted by molar-refractivity contribution is 0.195. The van der Waals surface area contributed by atoms with Gasteiger partial charge in [0.05, 0.1) is 0 Å². The predicted molar refractivity (Wildman–Crippen MR) is 92.7 cm³/mol. The highest BCUT2D eigenvalue weighted by Gasteiger charge is 1.96. The minimum atomic E-state index is 0. The number of nitrogens with one attached hydrogen (secondary N) is 2. The summed E-state index contributed by atoms with van der Waals surface area (Å²) in [6, 6.07) is 1.94. The van der Waals surface area contributed by atoms with E-state index < -0.39 is 0 Å². The van der Waals surface area contributed by atoms with Crippen LogP contribution in [0.2, 0.25) is 0 Å². The van der Waals surface area contributed by atoms with E-state index in [-0.39, 0.29) is 24.0 Å². The molecule has 0 aliphatic heterocycles. The number of hydrogen-bond donors (Lipinski definition) is 2. The molecule has 20 heavy (non-hydrogen) atoms. The number of guanidine groups is 1. The van der Waals surface area contributed by atoms with Crippen LogP contribution < -0.4 is 10.6 Å². The van der Waals surface area contributed by atoms with E-state index in [9.17, 15) is 0 Å². The van der Waals surface area contributed by atoms with Gasteiger partial charge in [-0.05, 0) is 25.8 Å². The third-order valence-corrected chi connectivity index (χ3v) is 2.54. The number of ether oxygens (including phenoxy) is 1. The number of aryl methyl sites for hydroxylation is 1. The first-order valence-corrected chi connectivity index (χ1v) is 6.85. The van der Waals surface area contributed by atoms with E-state index >= 15 is 0 Å². The maximum absolute atomic E-state index is 5.01. The fraction of sp³-hybridized carbons (Fsp3) is 0.692. The van der Waals surface area contributed by atoms with Gasteiger partial charge in [0.25, 0.3) is 0 Å². The highest BCUT2D eigenvalue weighted by Crippen LogP contribution is 1.90. The van der Waals surface area contributed by atoms with E-state index in [2.05, 4.69) is 27.6 Å². The summed E-state index contributed by atoms with van der Waals surface area (Å²) in [5.41, 5.74) is 0. The molecule has 0 spiro atoms. The van der Waals surface area contributed by atoms with Crippen molar-refractivity contribution in [3.8, 4) is 0 Å². The smallest absolute Gasteiger partial charge is 0.191 e. The summed E-state index contributed by atoms with van der Waals surface area (Å²) in [4.78, 5) is 4.52. The Bertz CT molecular complexity index is 343. The average Bonchev–Trinajstić information content (AvgIpc) is 2.92. The molecule has 0 bridgehead atoms. The number of methoxy groups -OCH3 is 1. The predicted octanol–water partition coefficient (Wildman–Crippen LogP) is 1.48. The van der Waals surface area contributed by atoms with Crippen LogP contribution >= 0.6 is 24.0 Å². The Kier molecular flexibility index (Phi) is 12.6. The Morgan fingerprint density at radius 1 is 1.35 bits per heavy atom. The highest BCUT2D eigenvalue weighted by atomic mass is 127. The van der Waals surface area contributed by atoms with Gasteiger partial charge >= 0.3 is 0 Å². The second-order valence-electron chi connectivity index (χ2n) is 4.16. The Labute approximate surface area is 138 Å². The molecular weight excluding hydrogens is 369 g/mol. The molecule has 2 N–H and O–H groups in total. The molecule has 7 heteroatoms. The first kappa shape index (κ1) is 19.2. The van der Waals surface area contributed by atoms with Crippen LogP contribution in [-0.4, -0.2) is 49.1 Å². The van der Waals surface area contributed by atoms with Gasteiger partial charge in [0.1, 0.15) is 0 Å². The van der Waals surface area contributed by atoms with Crippen LogP contribution in [0.3, 0.4) is 0 Å². The van der Waals surface area contributed by atoms with Crippen LogP contribution in [-0.2, 0) is 11.3 Å². The molecule has 6 nitrogen and oxygen atoms in total. The van der Waals surface area contributed by atoms with Crippen molar-refractivity contribution < 1.29 is 4.74 Å². The fourth-order valence-electron chi connectivity index (χ4n) is 1.62. The molecule has 116 valence electrons. The summed E-state index contributed by atoms with van der Waals surface area (Å²) < 4.78 is 6.94. The van der Waals surface area contributed by atoms with Crippen LogP contribution in [0, 0.1) is 0 Å². The molecular formula is C13H26IN5O. The van der Waals surface area contributed by atoms with Crippen LogP contribution in [0.4, 0.5) is 0 Å². The average molecular weight is 395 g/mol. The second-order valence-corrected chi connectivity index (χ2v) is 4.16. The number of aliphatic imine (C=N–C) groups is 1. The first-order valence-electron chi connectivity index (χ1n) is 6.85. The van der Waals surface area contributed by atoms with Crippen molar-refractivity contribution in [2.45, 2.75) is 26.3 Å². The molecule has 1 aromatic heterocycles. The SMILES string of the molecule is CCNC(=NCCCn1cccn1)NCCCOC.I. The van der Waals surface area contributed by atoms with Gasteiger partial charge in [-0.25, -0.2) is 0 Å². The zero-order chi connectivity index (χ0) is 13.8. The minimum Gasteiger partial charge on any atom is -0.385 e. The summed E-state index contributed by atoms with van der Waals surface area (Å²) in [6.45, 7) is 6.27. The van der Waals surface area contributed by atoms with Gasteiger partial charge < -0.3 is 15.4 Å². The molecule has 0 unspecified atom stereocenters. The molecule has 0 radical (unpaired) electrons. The zero-order valence-electron chi connectivity index (χ0n) is 12.3. The Morgan fingerprint density at radius 2 is 2.20 bits per heavy atom.